The van der Waals surface area contributed by atoms with Crippen molar-refractivity contribution in [3.05, 3.63) is 29.8 Å². The van der Waals surface area contributed by atoms with E-state index < -0.39 is 5.60 Å². The minimum atomic E-state index is -0.507. The van der Waals surface area contributed by atoms with Gasteiger partial charge in [-0.2, -0.15) is 0 Å². The normalized spacial score (nSPS) is 22.1. The fourth-order valence-electron chi connectivity index (χ4n) is 2.81. The molecule has 1 aliphatic heterocycles. The minimum Gasteiger partial charge on any atom is -0.443 e. The van der Waals surface area contributed by atoms with Crippen molar-refractivity contribution in [1.29, 1.82) is 0 Å². The van der Waals surface area contributed by atoms with Gasteiger partial charge in [-0.15, -0.1) is 0 Å². The number of ether oxygens (including phenoxy) is 1. The highest BCUT2D eigenvalue weighted by Gasteiger charge is 2.38. The molecule has 1 amide bonds. The van der Waals surface area contributed by atoms with Gasteiger partial charge >= 0.3 is 6.09 Å². The summed E-state index contributed by atoms with van der Waals surface area (Å²) >= 11 is 0. The number of anilines is 1. The van der Waals surface area contributed by atoms with E-state index in [0.717, 1.165) is 17.7 Å². The number of fused-ring (bicyclic) bond motifs is 1. The summed E-state index contributed by atoms with van der Waals surface area (Å²) in [6.45, 7) is 9.88. The van der Waals surface area contributed by atoms with Gasteiger partial charge in [0.15, 0.2) is 0 Å². The number of nitrogens with two attached hydrogens (primary N) is 1. The highest BCUT2D eigenvalue weighted by atomic mass is 16.6. The van der Waals surface area contributed by atoms with E-state index in [9.17, 15) is 4.79 Å². The second-order valence-electron chi connectivity index (χ2n) is 7.06. The van der Waals surface area contributed by atoms with Gasteiger partial charge in [0.2, 0.25) is 0 Å². The standard InChI is InChI=1S/C17H26N2O2/c1-11(2)15-10-13(18)12-8-6-7-9-14(12)19(15)16(20)21-17(3,4)5/h6-9,11,13,15H,10,18H2,1-5H3/t13-,15+/m1/s1. The summed E-state index contributed by atoms with van der Waals surface area (Å²) in [5.74, 6) is 0.317. The van der Waals surface area contributed by atoms with Crippen molar-refractivity contribution < 1.29 is 9.53 Å². The zero-order chi connectivity index (χ0) is 15.8. The highest BCUT2D eigenvalue weighted by Crippen LogP contribution is 2.38. The smallest absolute Gasteiger partial charge is 0.415 e. The van der Waals surface area contributed by atoms with Crippen LogP contribution in [-0.4, -0.2) is 17.7 Å². The fraction of sp³-hybridized carbons (Fsp3) is 0.588. The summed E-state index contributed by atoms with van der Waals surface area (Å²) in [4.78, 5) is 14.4. The van der Waals surface area contributed by atoms with E-state index in [-0.39, 0.29) is 18.2 Å². The van der Waals surface area contributed by atoms with Gasteiger partial charge in [-0.05, 0) is 44.7 Å². The van der Waals surface area contributed by atoms with Crippen molar-refractivity contribution in [3.63, 3.8) is 0 Å². The van der Waals surface area contributed by atoms with E-state index in [0.29, 0.717) is 5.92 Å². The summed E-state index contributed by atoms with van der Waals surface area (Å²) in [6, 6.07) is 7.87. The quantitative estimate of drug-likeness (QED) is 0.854. The van der Waals surface area contributed by atoms with Gasteiger partial charge in [-0.3, -0.25) is 4.90 Å². The molecule has 0 fully saturated rings. The van der Waals surface area contributed by atoms with Crippen LogP contribution >= 0.6 is 0 Å². The molecule has 0 saturated heterocycles. The summed E-state index contributed by atoms with van der Waals surface area (Å²) in [5.41, 5.74) is 7.67. The minimum absolute atomic E-state index is 0.0349. The van der Waals surface area contributed by atoms with Gasteiger partial charge in [0.05, 0.1) is 5.69 Å². The maximum atomic E-state index is 12.7. The second kappa shape index (κ2) is 5.68. The Kier molecular flexibility index (Phi) is 4.28. The molecule has 1 aromatic rings. The maximum absolute atomic E-state index is 12.7. The second-order valence-corrected chi connectivity index (χ2v) is 7.06. The molecule has 116 valence electrons. The Morgan fingerprint density at radius 1 is 1.33 bits per heavy atom. The number of hydrogen-bond donors (Lipinski definition) is 1. The Labute approximate surface area is 127 Å². The Balaban J connectivity index is 2.42. The maximum Gasteiger partial charge on any atom is 0.415 e. The van der Waals surface area contributed by atoms with Crippen LogP contribution in [0.4, 0.5) is 10.5 Å². The predicted molar refractivity (Wildman–Crippen MR) is 85.3 cm³/mol. The average molecular weight is 290 g/mol. The molecule has 2 atom stereocenters. The van der Waals surface area contributed by atoms with Crippen molar-refractivity contribution in [2.75, 3.05) is 4.90 Å². The highest BCUT2D eigenvalue weighted by molar-refractivity contribution is 5.90. The van der Waals surface area contributed by atoms with E-state index in [2.05, 4.69) is 13.8 Å². The number of benzene rings is 1. The number of para-hydroxylation sites is 1. The Hall–Kier alpha value is -1.55. The first-order valence-electron chi connectivity index (χ1n) is 7.57. The lowest BCUT2D eigenvalue weighted by Gasteiger charge is -2.42. The molecule has 0 aliphatic carbocycles. The van der Waals surface area contributed by atoms with Crippen LogP contribution in [0.5, 0.6) is 0 Å². The van der Waals surface area contributed by atoms with Crippen molar-refractivity contribution in [3.8, 4) is 0 Å². The van der Waals surface area contributed by atoms with Gasteiger partial charge in [0.1, 0.15) is 5.60 Å². The van der Waals surface area contributed by atoms with E-state index in [1.54, 1.807) is 4.90 Å². The molecule has 0 spiro atoms. The third-order valence-corrected chi connectivity index (χ3v) is 3.78. The van der Waals surface area contributed by atoms with Crippen LogP contribution in [0.15, 0.2) is 24.3 Å². The zero-order valence-corrected chi connectivity index (χ0v) is 13.6. The van der Waals surface area contributed by atoms with Crippen molar-refractivity contribution in [1.82, 2.24) is 0 Å². The number of rotatable bonds is 1. The summed E-state index contributed by atoms with van der Waals surface area (Å²) in [5, 5.41) is 0. The molecular weight excluding hydrogens is 264 g/mol. The molecule has 0 unspecified atom stereocenters. The van der Waals surface area contributed by atoms with E-state index in [4.69, 9.17) is 10.5 Å². The molecule has 0 bridgehead atoms. The van der Waals surface area contributed by atoms with Crippen LogP contribution in [0.25, 0.3) is 0 Å². The zero-order valence-electron chi connectivity index (χ0n) is 13.6. The molecular formula is C17H26N2O2. The molecule has 4 nitrogen and oxygen atoms in total. The van der Waals surface area contributed by atoms with Gasteiger partial charge in [-0.1, -0.05) is 32.0 Å². The number of carbonyl (C=O) groups excluding carboxylic acids is 1. The molecule has 2 rings (SSSR count). The lowest BCUT2D eigenvalue weighted by Crippen LogP contribution is -2.50. The first-order valence-corrected chi connectivity index (χ1v) is 7.57. The Bertz CT molecular complexity index is 520. The number of carbonyl (C=O) groups is 1. The molecule has 0 radical (unpaired) electrons. The van der Waals surface area contributed by atoms with Gasteiger partial charge in [0.25, 0.3) is 0 Å². The molecule has 4 heteroatoms. The molecule has 1 aromatic carbocycles. The van der Waals surface area contributed by atoms with Crippen molar-refractivity contribution in [2.24, 2.45) is 11.7 Å². The summed E-state index contributed by atoms with van der Waals surface area (Å²) < 4.78 is 5.60. The summed E-state index contributed by atoms with van der Waals surface area (Å²) in [6.07, 6.45) is 0.467. The third kappa shape index (κ3) is 3.38. The number of amides is 1. The van der Waals surface area contributed by atoms with E-state index in [1.165, 1.54) is 0 Å². The largest absolute Gasteiger partial charge is 0.443 e. The monoisotopic (exact) mass is 290 g/mol. The topological polar surface area (TPSA) is 55.6 Å². The van der Waals surface area contributed by atoms with E-state index >= 15 is 0 Å². The van der Waals surface area contributed by atoms with Gasteiger partial charge in [-0.25, -0.2) is 4.79 Å². The van der Waals surface area contributed by atoms with E-state index in [1.807, 2.05) is 45.0 Å². The van der Waals surface area contributed by atoms with Crippen LogP contribution in [0.1, 0.15) is 52.6 Å². The SMILES string of the molecule is CC(C)[C@@H]1C[C@@H](N)c2ccccc2N1C(=O)OC(C)(C)C. The van der Waals surface area contributed by atoms with Gasteiger partial charge < -0.3 is 10.5 Å². The first kappa shape index (κ1) is 15.8. The number of hydrogen-bond acceptors (Lipinski definition) is 3. The average Bonchev–Trinajstić information content (AvgIpc) is 2.36. The Morgan fingerprint density at radius 2 is 1.95 bits per heavy atom. The predicted octanol–water partition coefficient (Wildman–Crippen LogP) is 3.86. The fourth-order valence-corrected chi connectivity index (χ4v) is 2.81. The molecule has 0 aromatic heterocycles. The molecule has 1 aliphatic rings. The van der Waals surface area contributed by atoms with Crippen LogP contribution in [0.3, 0.4) is 0 Å². The molecule has 2 N–H and O–H groups in total. The summed E-state index contributed by atoms with van der Waals surface area (Å²) in [7, 11) is 0. The Morgan fingerprint density at radius 3 is 2.52 bits per heavy atom. The molecule has 1 heterocycles. The lowest BCUT2D eigenvalue weighted by atomic mass is 9.86. The van der Waals surface area contributed by atoms with Crippen LogP contribution < -0.4 is 10.6 Å². The first-order chi connectivity index (χ1) is 9.70. The molecule has 21 heavy (non-hydrogen) atoms. The van der Waals surface area contributed by atoms with Crippen LogP contribution in [0.2, 0.25) is 0 Å². The lowest BCUT2D eigenvalue weighted by molar-refractivity contribution is 0.0548. The van der Waals surface area contributed by atoms with Crippen LogP contribution in [-0.2, 0) is 4.74 Å². The van der Waals surface area contributed by atoms with Crippen molar-refractivity contribution in [2.45, 2.75) is 58.7 Å². The number of nitrogens with zero attached hydrogens (tertiary/aromatic N) is 1. The van der Waals surface area contributed by atoms with Gasteiger partial charge in [0, 0.05) is 12.1 Å². The van der Waals surface area contributed by atoms with Crippen molar-refractivity contribution >= 4 is 11.8 Å². The third-order valence-electron chi connectivity index (χ3n) is 3.78. The van der Waals surface area contributed by atoms with Crippen LogP contribution in [0, 0.1) is 5.92 Å². The molecule has 0 saturated carbocycles.